The maximum Gasteiger partial charge on any atom is 0.416 e. The van der Waals surface area contributed by atoms with E-state index in [1.165, 1.54) is 12.1 Å². The topological polar surface area (TPSA) is 0 Å². The minimum atomic E-state index is -4.30. The second kappa shape index (κ2) is 6.71. The lowest BCUT2D eigenvalue weighted by Crippen LogP contribution is -2.05. The Kier molecular flexibility index (Phi) is 5.38. The third-order valence-corrected chi connectivity index (χ3v) is 4.63. The van der Waals surface area contributed by atoms with Gasteiger partial charge in [0.05, 0.1) is 5.56 Å². The highest BCUT2D eigenvalue weighted by molar-refractivity contribution is 9.10. The molecule has 0 aliphatic heterocycles. The van der Waals surface area contributed by atoms with Crippen LogP contribution in [0.2, 0.25) is 5.02 Å². The Morgan fingerprint density at radius 1 is 1.05 bits per heavy atom. The summed E-state index contributed by atoms with van der Waals surface area (Å²) in [6.07, 6.45) is -3.75. The highest BCUT2D eigenvalue weighted by Crippen LogP contribution is 2.35. The van der Waals surface area contributed by atoms with Crippen LogP contribution in [0.15, 0.2) is 46.9 Å². The summed E-state index contributed by atoms with van der Waals surface area (Å²) in [4.78, 5) is -0.0603. The Morgan fingerprint density at radius 2 is 1.67 bits per heavy atom. The monoisotopic (exact) mass is 440 g/mol. The minimum Gasteiger partial charge on any atom is -0.166 e. The molecule has 0 aliphatic carbocycles. The van der Waals surface area contributed by atoms with Gasteiger partial charge >= 0.3 is 6.18 Å². The van der Waals surface area contributed by atoms with E-state index in [0.29, 0.717) is 11.4 Å². The zero-order valence-corrected chi connectivity index (χ0v) is 14.5. The average Bonchev–Trinajstić information content (AvgIpc) is 2.38. The lowest BCUT2D eigenvalue weighted by Gasteiger charge is -2.13. The molecular weight excluding hydrogens is 432 g/mol. The molecule has 2 aromatic carbocycles. The number of benzene rings is 2. The van der Waals surface area contributed by atoms with E-state index in [9.17, 15) is 13.2 Å². The van der Waals surface area contributed by atoms with Crippen LogP contribution in [0.4, 0.5) is 13.2 Å². The average molecular weight is 442 g/mol. The summed E-state index contributed by atoms with van der Waals surface area (Å²) < 4.78 is 38.4. The lowest BCUT2D eigenvalue weighted by atomic mass is 10.0. The van der Waals surface area contributed by atoms with E-state index < -0.39 is 11.7 Å². The maximum atomic E-state index is 12.5. The summed E-state index contributed by atoms with van der Waals surface area (Å²) in [5, 5.41) is 0.609. The number of hydrogen-bond donors (Lipinski definition) is 0. The fraction of sp³-hybridized carbons (Fsp3) is 0.200. The van der Waals surface area contributed by atoms with Crippen molar-refractivity contribution in [3.63, 3.8) is 0 Å². The van der Waals surface area contributed by atoms with E-state index in [1.807, 2.05) is 12.1 Å². The van der Waals surface area contributed by atoms with Gasteiger partial charge in [0.2, 0.25) is 0 Å². The van der Waals surface area contributed by atoms with E-state index in [2.05, 4.69) is 31.9 Å². The Morgan fingerprint density at radius 3 is 2.19 bits per heavy atom. The highest BCUT2D eigenvalue weighted by Gasteiger charge is 2.30. The molecule has 6 heteroatoms. The second-order valence-electron chi connectivity index (χ2n) is 4.53. The van der Waals surface area contributed by atoms with Crippen LogP contribution in [0.25, 0.3) is 0 Å². The predicted octanol–water partition coefficient (Wildman–Crippen LogP) is 6.80. The number of rotatable bonds is 3. The molecule has 112 valence electrons. The van der Waals surface area contributed by atoms with Crippen LogP contribution >= 0.6 is 43.5 Å². The van der Waals surface area contributed by atoms with Crippen molar-refractivity contribution < 1.29 is 13.2 Å². The van der Waals surface area contributed by atoms with Crippen LogP contribution in [0.5, 0.6) is 0 Å². The third kappa shape index (κ3) is 4.47. The van der Waals surface area contributed by atoms with Gasteiger partial charge in [0.15, 0.2) is 0 Å². The molecule has 0 bridgehead atoms. The van der Waals surface area contributed by atoms with Crippen molar-refractivity contribution in [3.8, 4) is 0 Å². The van der Waals surface area contributed by atoms with Crippen molar-refractivity contribution in [2.45, 2.75) is 17.4 Å². The van der Waals surface area contributed by atoms with Gasteiger partial charge in [-0.05, 0) is 41.8 Å². The van der Waals surface area contributed by atoms with Crippen molar-refractivity contribution in [3.05, 3.63) is 68.7 Å². The van der Waals surface area contributed by atoms with Crippen LogP contribution in [-0.4, -0.2) is 0 Å². The van der Waals surface area contributed by atoms with E-state index >= 15 is 0 Å². The summed E-state index contributed by atoms with van der Waals surface area (Å²) in [6.45, 7) is 0. The smallest absolute Gasteiger partial charge is 0.166 e. The molecule has 0 fully saturated rings. The van der Waals surface area contributed by atoms with Crippen molar-refractivity contribution in [1.29, 1.82) is 0 Å². The van der Waals surface area contributed by atoms with Crippen LogP contribution in [0.3, 0.4) is 0 Å². The highest BCUT2D eigenvalue weighted by atomic mass is 79.9. The zero-order valence-electron chi connectivity index (χ0n) is 10.6. The van der Waals surface area contributed by atoms with Gasteiger partial charge in [-0.15, -0.1) is 0 Å². The van der Waals surface area contributed by atoms with E-state index in [1.54, 1.807) is 6.07 Å². The molecule has 21 heavy (non-hydrogen) atoms. The maximum absolute atomic E-state index is 12.5. The molecule has 0 radical (unpaired) electrons. The van der Waals surface area contributed by atoms with Crippen molar-refractivity contribution in [2.75, 3.05) is 0 Å². The van der Waals surface area contributed by atoms with Gasteiger partial charge in [-0.1, -0.05) is 61.7 Å². The van der Waals surface area contributed by atoms with Crippen LogP contribution < -0.4 is 0 Å². The van der Waals surface area contributed by atoms with Gasteiger partial charge in [-0.3, -0.25) is 0 Å². The van der Waals surface area contributed by atoms with Gasteiger partial charge in [0, 0.05) is 14.3 Å². The second-order valence-corrected chi connectivity index (χ2v) is 6.96. The van der Waals surface area contributed by atoms with Gasteiger partial charge in [0.25, 0.3) is 0 Å². The van der Waals surface area contributed by atoms with Crippen molar-refractivity contribution in [2.24, 2.45) is 0 Å². The first-order chi connectivity index (χ1) is 9.77. The number of halogens is 6. The Bertz CT molecular complexity index is 624. The summed E-state index contributed by atoms with van der Waals surface area (Å²) in [5.74, 6) is 0. The molecule has 0 aromatic heterocycles. The first kappa shape index (κ1) is 16.8. The lowest BCUT2D eigenvalue weighted by molar-refractivity contribution is -0.137. The predicted molar refractivity (Wildman–Crippen MR) is 86.0 cm³/mol. The SMILES string of the molecule is FC(F)(F)c1ccc(CC(Br)c2ccc(Br)cc2Cl)cc1. The largest absolute Gasteiger partial charge is 0.416 e. The first-order valence-corrected chi connectivity index (χ1v) is 8.11. The summed E-state index contributed by atoms with van der Waals surface area (Å²) in [6, 6.07) is 10.7. The van der Waals surface area contributed by atoms with Gasteiger partial charge in [0.1, 0.15) is 0 Å². The molecule has 2 rings (SSSR count). The number of alkyl halides is 4. The standard InChI is InChI=1S/C15H10Br2ClF3/c16-11-5-6-12(14(18)8-11)13(17)7-9-1-3-10(4-2-9)15(19,20)21/h1-6,8,13H,7H2. The van der Waals surface area contributed by atoms with Gasteiger partial charge < -0.3 is 0 Å². The quantitative estimate of drug-likeness (QED) is 0.459. The van der Waals surface area contributed by atoms with Crippen LogP contribution in [0, 0.1) is 0 Å². The zero-order chi connectivity index (χ0) is 15.6. The van der Waals surface area contributed by atoms with E-state index in [0.717, 1.165) is 27.7 Å². The fourth-order valence-electron chi connectivity index (χ4n) is 1.90. The molecule has 0 heterocycles. The van der Waals surface area contributed by atoms with Crippen LogP contribution in [0.1, 0.15) is 21.5 Å². The fourth-order valence-corrected chi connectivity index (χ4v) is 3.61. The van der Waals surface area contributed by atoms with Gasteiger partial charge in [-0.2, -0.15) is 13.2 Å². The summed E-state index contributed by atoms with van der Waals surface area (Å²) in [7, 11) is 0. The molecule has 1 unspecified atom stereocenters. The number of hydrogen-bond acceptors (Lipinski definition) is 0. The molecule has 1 atom stereocenters. The Labute approximate surface area is 142 Å². The molecule has 0 spiro atoms. The van der Waals surface area contributed by atoms with Crippen molar-refractivity contribution >= 4 is 43.5 Å². The van der Waals surface area contributed by atoms with E-state index in [4.69, 9.17) is 11.6 Å². The Hall–Kier alpha value is -0.520. The molecule has 0 saturated heterocycles. The van der Waals surface area contributed by atoms with Crippen LogP contribution in [-0.2, 0) is 12.6 Å². The molecule has 0 aliphatic rings. The molecule has 0 N–H and O–H groups in total. The molecule has 0 amide bonds. The third-order valence-electron chi connectivity index (χ3n) is 3.00. The molecule has 0 nitrogen and oxygen atoms in total. The van der Waals surface area contributed by atoms with Crippen molar-refractivity contribution in [1.82, 2.24) is 0 Å². The normalized spacial score (nSPS) is 13.2. The molecule has 2 aromatic rings. The van der Waals surface area contributed by atoms with Gasteiger partial charge in [-0.25, -0.2) is 0 Å². The van der Waals surface area contributed by atoms with E-state index in [-0.39, 0.29) is 4.83 Å². The summed E-state index contributed by atoms with van der Waals surface area (Å²) >= 11 is 13.0. The molecule has 0 saturated carbocycles. The molecular formula is C15H10Br2ClF3. The Balaban J connectivity index is 2.14. The summed E-state index contributed by atoms with van der Waals surface area (Å²) in [5.41, 5.74) is 1.07. The first-order valence-electron chi connectivity index (χ1n) is 6.02. The minimum absolute atomic E-state index is 0.0603.